The molecular formula is C10H12BrNO. The fourth-order valence-corrected chi connectivity index (χ4v) is 1.73. The summed E-state index contributed by atoms with van der Waals surface area (Å²) in [4.78, 5) is 0. The van der Waals surface area contributed by atoms with Crippen molar-refractivity contribution in [1.82, 2.24) is 0 Å². The van der Waals surface area contributed by atoms with Crippen molar-refractivity contribution in [3.8, 4) is 5.75 Å². The van der Waals surface area contributed by atoms with E-state index in [9.17, 15) is 5.11 Å². The molecule has 3 N–H and O–H groups in total. The third kappa shape index (κ3) is 2.11. The average Bonchev–Trinajstić information content (AvgIpc) is 2.10. The largest absolute Gasteiger partial charge is 0.507 e. The minimum absolute atomic E-state index is 0.246. The van der Waals surface area contributed by atoms with E-state index < -0.39 is 0 Å². The molecule has 0 fully saturated rings. The van der Waals surface area contributed by atoms with Crippen LogP contribution in [0.1, 0.15) is 17.2 Å². The Balaban J connectivity index is 3.27. The molecule has 0 heterocycles. The Morgan fingerprint density at radius 1 is 1.62 bits per heavy atom. The quantitative estimate of drug-likeness (QED) is 0.783. The Labute approximate surface area is 86.2 Å². The van der Waals surface area contributed by atoms with Gasteiger partial charge < -0.3 is 10.8 Å². The van der Waals surface area contributed by atoms with Crippen LogP contribution in [0.2, 0.25) is 0 Å². The van der Waals surface area contributed by atoms with Gasteiger partial charge in [0.2, 0.25) is 0 Å². The Bertz CT molecular complexity index is 336. The highest BCUT2D eigenvalue weighted by molar-refractivity contribution is 9.10. The summed E-state index contributed by atoms with van der Waals surface area (Å²) in [5.41, 5.74) is 7.24. The van der Waals surface area contributed by atoms with E-state index >= 15 is 0 Å². The van der Waals surface area contributed by atoms with Crippen LogP contribution < -0.4 is 5.73 Å². The molecule has 1 atom stereocenters. The lowest BCUT2D eigenvalue weighted by atomic mass is 10.0. The number of phenols is 1. The van der Waals surface area contributed by atoms with Crippen LogP contribution in [0.4, 0.5) is 0 Å². The number of hydrogen-bond acceptors (Lipinski definition) is 2. The summed E-state index contributed by atoms with van der Waals surface area (Å²) in [5.74, 6) is 0.246. The number of phenolic OH excluding ortho intramolecular Hbond substituents is 1. The van der Waals surface area contributed by atoms with E-state index in [0.717, 1.165) is 10.0 Å². The Kier molecular flexibility index (Phi) is 3.12. The standard InChI is InChI=1S/C10H12BrNO/c1-3-9(12)8-5-7(11)4-6(2)10(8)13/h3-5,9,13H,1,12H2,2H3/t9-/m1/s1. The molecule has 1 rings (SSSR count). The second kappa shape index (κ2) is 3.94. The molecule has 1 aromatic rings. The topological polar surface area (TPSA) is 46.2 Å². The van der Waals surface area contributed by atoms with Crippen LogP contribution in [0.25, 0.3) is 0 Å². The highest BCUT2D eigenvalue weighted by Gasteiger charge is 2.10. The van der Waals surface area contributed by atoms with Crippen LogP contribution in [-0.4, -0.2) is 5.11 Å². The first-order chi connectivity index (χ1) is 6.06. The highest BCUT2D eigenvalue weighted by Crippen LogP contribution is 2.30. The van der Waals surface area contributed by atoms with Gasteiger partial charge in [0, 0.05) is 10.0 Å². The van der Waals surface area contributed by atoms with Crippen molar-refractivity contribution >= 4 is 15.9 Å². The fraction of sp³-hybridized carbons (Fsp3) is 0.200. The van der Waals surface area contributed by atoms with Gasteiger partial charge >= 0.3 is 0 Å². The van der Waals surface area contributed by atoms with E-state index in [1.807, 2.05) is 13.0 Å². The van der Waals surface area contributed by atoms with Gasteiger partial charge in [0.15, 0.2) is 0 Å². The van der Waals surface area contributed by atoms with E-state index in [0.29, 0.717) is 5.56 Å². The maximum absolute atomic E-state index is 9.67. The molecule has 0 aliphatic carbocycles. The van der Waals surface area contributed by atoms with Crippen molar-refractivity contribution in [2.24, 2.45) is 5.73 Å². The van der Waals surface area contributed by atoms with Gasteiger partial charge in [-0.15, -0.1) is 6.58 Å². The van der Waals surface area contributed by atoms with E-state index in [2.05, 4.69) is 22.5 Å². The maximum Gasteiger partial charge on any atom is 0.123 e. The summed E-state index contributed by atoms with van der Waals surface area (Å²) in [6, 6.07) is 3.32. The molecule has 0 radical (unpaired) electrons. The molecule has 1 aromatic carbocycles. The van der Waals surface area contributed by atoms with E-state index in [1.54, 1.807) is 12.1 Å². The minimum atomic E-state index is -0.323. The lowest BCUT2D eigenvalue weighted by Gasteiger charge is -2.11. The first-order valence-electron chi connectivity index (χ1n) is 3.93. The predicted molar refractivity (Wildman–Crippen MR) is 57.7 cm³/mol. The van der Waals surface area contributed by atoms with Gasteiger partial charge in [-0.3, -0.25) is 0 Å². The van der Waals surface area contributed by atoms with Crippen molar-refractivity contribution in [2.75, 3.05) is 0 Å². The summed E-state index contributed by atoms with van der Waals surface area (Å²) in [6.45, 7) is 5.42. The number of hydrogen-bond donors (Lipinski definition) is 2. The minimum Gasteiger partial charge on any atom is -0.507 e. The van der Waals surface area contributed by atoms with Crippen LogP contribution in [0.5, 0.6) is 5.75 Å². The number of rotatable bonds is 2. The first kappa shape index (κ1) is 10.3. The van der Waals surface area contributed by atoms with Gasteiger partial charge in [-0.05, 0) is 24.6 Å². The van der Waals surface area contributed by atoms with E-state index in [4.69, 9.17) is 5.73 Å². The smallest absolute Gasteiger partial charge is 0.123 e. The Hall–Kier alpha value is -0.800. The highest BCUT2D eigenvalue weighted by atomic mass is 79.9. The molecule has 2 nitrogen and oxygen atoms in total. The van der Waals surface area contributed by atoms with Crippen molar-refractivity contribution in [3.63, 3.8) is 0 Å². The molecule has 13 heavy (non-hydrogen) atoms. The number of aryl methyl sites for hydroxylation is 1. The molecular weight excluding hydrogens is 230 g/mol. The Morgan fingerprint density at radius 2 is 2.23 bits per heavy atom. The van der Waals surface area contributed by atoms with Crippen LogP contribution in [0.3, 0.4) is 0 Å². The summed E-state index contributed by atoms with van der Waals surface area (Å²) in [7, 11) is 0. The molecule has 70 valence electrons. The monoisotopic (exact) mass is 241 g/mol. The molecule has 0 amide bonds. The molecule has 0 saturated heterocycles. The number of benzene rings is 1. The van der Waals surface area contributed by atoms with Crippen molar-refractivity contribution in [1.29, 1.82) is 0 Å². The van der Waals surface area contributed by atoms with E-state index in [1.165, 1.54) is 0 Å². The summed E-state index contributed by atoms with van der Waals surface area (Å²) in [6.07, 6.45) is 1.60. The second-order valence-electron chi connectivity index (χ2n) is 2.92. The number of aromatic hydroxyl groups is 1. The average molecular weight is 242 g/mol. The predicted octanol–water partition coefficient (Wildman–Crippen LogP) is 2.65. The van der Waals surface area contributed by atoms with Crippen LogP contribution in [-0.2, 0) is 0 Å². The molecule has 0 unspecified atom stereocenters. The van der Waals surface area contributed by atoms with Crippen molar-refractivity contribution < 1.29 is 5.11 Å². The zero-order valence-electron chi connectivity index (χ0n) is 7.42. The second-order valence-corrected chi connectivity index (χ2v) is 3.84. The fourth-order valence-electron chi connectivity index (χ4n) is 1.14. The van der Waals surface area contributed by atoms with Gasteiger partial charge in [0.25, 0.3) is 0 Å². The molecule has 0 aromatic heterocycles. The third-order valence-corrected chi connectivity index (χ3v) is 2.37. The summed E-state index contributed by atoms with van der Waals surface area (Å²) < 4.78 is 0.912. The molecule has 3 heteroatoms. The SMILES string of the molecule is C=C[C@@H](N)c1cc(Br)cc(C)c1O. The molecule has 0 saturated carbocycles. The molecule has 0 spiro atoms. The van der Waals surface area contributed by atoms with Gasteiger partial charge in [-0.25, -0.2) is 0 Å². The lowest BCUT2D eigenvalue weighted by Crippen LogP contribution is -2.07. The third-order valence-electron chi connectivity index (χ3n) is 1.91. The first-order valence-corrected chi connectivity index (χ1v) is 4.72. The van der Waals surface area contributed by atoms with Crippen LogP contribution >= 0.6 is 15.9 Å². The lowest BCUT2D eigenvalue weighted by molar-refractivity contribution is 0.461. The number of nitrogens with two attached hydrogens (primary N) is 1. The van der Waals surface area contributed by atoms with Gasteiger partial charge in [-0.2, -0.15) is 0 Å². The van der Waals surface area contributed by atoms with Gasteiger partial charge in [0.1, 0.15) is 5.75 Å². The molecule has 0 aliphatic rings. The summed E-state index contributed by atoms with van der Waals surface area (Å²) >= 11 is 3.34. The van der Waals surface area contributed by atoms with Crippen molar-refractivity contribution in [2.45, 2.75) is 13.0 Å². The summed E-state index contributed by atoms with van der Waals surface area (Å²) in [5, 5.41) is 9.67. The zero-order valence-corrected chi connectivity index (χ0v) is 9.01. The van der Waals surface area contributed by atoms with Crippen molar-refractivity contribution in [3.05, 3.63) is 40.4 Å². The Morgan fingerprint density at radius 3 is 2.77 bits per heavy atom. The van der Waals surface area contributed by atoms with Crippen LogP contribution in [0, 0.1) is 6.92 Å². The number of halogens is 1. The van der Waals surface area contributed by atoms with E-state index in [-0.39, 0.29) is 11.8 Å². The zero-order chi connectivity index (χ0) is 10.0. The van der Waals surface area contributed by atoms with Gasteiger partial charge in [-0.1, -0.05) is 22.0 Å². The molecule has 0 aliphatic heterocycles. The molecule has 0 bridgehead atoms. The van der Waals surface area contributed by atoms with Crippen LogP contribution in [0.15, 0.2) is 29.3 Å². The normalized spacial score (nSPS) is 12.5. The maximum atomic E-state index is 9.67. The van der Waals surface area contributed by atoms with Gasteiger partial charge in [0.05, 0.1) is 6.04 Å².